The molecule has 0 saturated carbocycles. The average molecular weight is 269 g/mol. The van der Waals surface area contributed by atoms with Gasteiger partial charge in [-0.1, -0.05) is 27.7 Å². The van der Waals surface area contributed by atoms with E-state index in [0.29, 0.717) is 0 Å². The molecule has 0 aromatic heterocycles. The van der Waals surface area contributed by atoms with Crippen LogP contribution in [0.5, 0.6) is 0 Å². The summed E-state index contributed by atoms with van der Waals surface area (Å²) in [7, 11) is 0. The second-order valence-electron chi connectivity index (χ2n) is 5.65. The molecular weight excluding hydrogens is 246 g/mol. The van der Waals surface area contributed by atoms with Crippen LogP contribution in [0, 0.1) is 34.5 Å². The zero-order valence-corrected chi connectivity index (χ0v) is 12.4. The van der Waals surface area contributed by atoms with Crippen LogP contribution < -0.4 is 0 Å². The van der Waals surface area contributed by atoms with E-state index in [4.69, 9.17) is 4.74 Å². The molecule has 0 rings (SSSR count). The minimum atomic E-state index is -1.66. The Hall–Kier alpha value is -1.57. The fraction of sp³-hybridized carbons (Fsp3) is 0.786. The summed E-state index contributed by atoms with van der Waals surface area (Å²) < 4.78 is 5.12. The number of carbonyl (C=O) groups excluding carboxylic acids is 1. The van der Waals surface area contributed by atoms with Crippen LogP contribution in [0.25, 0.3) is 0 Å². The number of carboxylic acids is 1. The quantitative estimate of drug-likeness (QED) is 0.748. The number of carboxylic acid groups (broad SMARTS) is 1. The highest BCUT2D eigenvalue weighted by Gasteiger charge is 2.55. The third-order valence-corrected chi connectivity index (χ3v) is 3.20. The monoisotopic (exact) mass is 269 g/mol. The van der Waals surface area contributed by atoms with E-state index in [-0.39, 0.29) is 12.0 Å². The molecule has 2 unspecified atom stereocenters. The van der Waals surface area contributed by atoms with Crippen molar-refractivity contribution in [1.82, 2.24) is 0 Å². The average Bonchev–Trinajstić information content (AvgIpc) is 2.22. The maximum absolute atomic E-state index is 12.3. The Labute approximate surface area is 114 Å². The standard InChI is InChI=1S/C14H23NO4/c1-8(2)11(12(16)17)14(7-15,9(3)4)13(18)19-10(5)6/h8-11H,1-6H3,(H,16,17). The van der Waals surface area contributed by atoms with Crippen molar-refractivity contribution in [2.75, 3.05) is 0 Å². The van der Waals surface area contributed by atoms with Crippen molar-refractivity contribution in [3.63, 3.8) is 0 Å². The predicted octanol–water partition coefficient (Wildman–Crippen LogP) is 2.46. The highest BCUT2D eigenvalue weighted by Crippen LogP contribution is 2.41. The lowest BCUT2D eigenvalue weighted by atomic mass is 9.64. The van der Waals surface area contributed by atoms with E-state index in [0.717, 1.165) is 0 Å². The molecule has 108 valence electrons. The second kappa shape index (κ2) is 6.55. The Bertz CT molecular complexity index is 381. The molecule has 0 heterocycles. The van der Waals surface area contributed by atoms with Crippen LogP contribution in [-0.4, -0.2) is 23.1 Å². The number of hydrogen-bond donors (Lipinski definition) is 1. The van der Waals surface area contributed by atoms with E-state index in [1.165, 1.54) is 0 Å². The van der Waals surface area contributed by atoms with Crippen molar-refractivity contribution in [2.45, 2.75) is 47.6 Å². The fourth-order valence-electron chi connectivity index (χ4n) is 2.28. The van der Waals surface area contributed by atoms with Crippen LogP contribution >= 0.6 is 0 Å². The fourth-order valence-corrected chi connectivity index (χ4v) is 2.28. The molecule has 5 heteroatoms. The molecule has 0 aliphatic rings. The number of nitriles is 1. The second-order valence-corrected chi connectivity index (χ2v) is 5.65. The van der Waals surface area contributed by atoms with E-state index in [2.05, 4.69) is 0 Å². The van der Waals surface area contributed by atoms with E-state index in [9.17, 15) is 20.0 Å². The maximum Gasteiger partial charge on any atom is 0.327 e. The molecule has 0 amide bonds. The summed E-state index contributed by atoms with van der Waals surface area (Å²) in [6, 6.07) is 1.93. The van der Waals surface area contributed by atoms with E-state index in [1.807, 2.05) is 6.07 Å². The van der Waals surface area contributed by atoms with Crippen molar-refractivity contribution in [2.24, 2.45) is 23.2 Å². The number of esters is 1. The van der Waals surface area contributed by atoms with Crippen LogP contribution in [0.15, 0.2) is 0 Å². The molecule has 0 aliphatic heterocycles. The SMILES string of the molecule is CC(C)OC(=O)C(C#N)(C(C)C)C(C(=O)O)C(C)C. The Morgan fingerprint density at radius 1 is 1.16 bits per heavy atom. The lowest BCUT2D eigenvalue weighted by molar-refractivity contribution is -0.171. The summed E-state index contributed by atoms with van der Waals surface area (Å²) in [6.45, 7) is 10.1. The Kier molecular flexibility index (Phi) is 6.01. The molecular formula is C14H23NO4. The molecule has 0 aromatic rings. The molecule has 0 aromatic carbocycles. The minimum absolute atomic E-state index is 0.348. The van der Waals surface area contributed by atoms with Gasteiger partial charge < -0.3 is 9.84 Å². The first-order valence-corrected chi connectivity index (χ1v) is 6.46. The molecule has 1 N–H and O–H groups in total. The maximum atomic E-state index is 12.3. The molecule has 2 atom stereocenters. The van der Waals surface area contributed by atoms with Crippen molar-refractivity contribution in [1.29, 1.82) is 5.26 Å². The number of carbonyl (C=O) groups is 2. The zero-order chi connectivity index (χ0) is 15.4. The first kappa shape index (κ1) is 17.4. The van der Waals surface area contributed by atoms with E-state index < -0.39 is 29.2 Å². The van der Waals surface area contributed by atoms with Crippen molar-refractivity contribution in [3.8, 4) is 6.07 Å². The van der Waals surface area contributed by atoms with Crippen LogP contribution in [0.2, 0.25) is 0 Å². The molecule has 0 bridgehead atoms. The number of nitrogens with zero attached hydrogens (tertiary/aromatic N) is 1. The molecule has 0 radical (unpaired) electrons. The number of aliphatic carboxylic acids is 1. The predicted molar refractivity (Wildman–Crippen MR) is 70.1 cm³/mol. The number of ether oxygens (including phenoxy) is 1. The molecule has 0 saturated heterocycles. The Morgan fingerprint density at radius 2 is 1.63 bits per heavy atom. The first-order valence-electron chi connectivity index (χ1n) is 6.46. The van der Waals surface area contributed by atoms with Gasteiger partial charge in [-0.15, -0.1) is 0 Å². The smallest absolute Gasteiger partial charge is 0.327 e. The summed E-state index contributed by atoms with van der Waals surface area (Å²) in [4.78, 5) is 23.8. The van der Waals surface area contributed by atoms with Gasteiger partial charge in [0.2, 0.25) is 0 Å². The summed E-state index contributed by atoms with van der Waals surface area (Å²) in [5.41, 5.74) is -1.66. The van der Waals surface area contributed by atoms with E-state index >= 15 is 0 Å². The van der Waals surface area contributed by atoms with Gasteiger partial charge in [0, 0.05) is 0 Å². The number of hydrogen-bond acceptors (Lipinski definition) is 4. The lowest BCUT2D eigenvalue weighted by Crippen LogP contribution is -2.49. The summed E-state index contributed by atoms with van der Waals surface area (Å²) in [5.74, 6) is -3.79. The highest BCUT2D eigenvalue weighted by molar-refractivity contribution is 5.87. The van der Waals surface area contributed by atoms with Crippen molar-refractivity contribution < 1.29 is 19.4 Å². The molecule has 5 nitrogen and oxygen atoms in total. The first-order chi connectivity index (χ1) is 8.61. The summed E-state index contributed by atoms with van der Waals surface area (Å²) in [5, 5.41) is 18.9. The largest absolute Gasteiger partial charge is 0.481 e. The van der Waals surface area contributed by atoms with Gasteiger partial charge in [0.1, 0.15) is 0 Å². The van der Waals surface area contributed by atoms with Crippen LogP contribution in [0.3, 0.4) is 0 Å². The minimum Gasteiger partial charge on any atom is -0.481 e. The van der Waals surface area contributed by atoms with Gasteiger partial charge in [-0.2, -0.15) is 5.26 Å². The van der Waals surface area contributed by atoms with Gasteiger partial charge in [0.05, 0.1) is 18.1 Å². The zero-order valence-electron chi connectivity index (χ0n) is 12.4. The Morgan fingerprint density at radius 3 is 1.84 bits per heavy atom. The van der Waals surface area contributed by atoms with Gasteiger partial charge in [-0.25, -0.2) is 0 Å². The van der Waals surface area contributed by atoms with Gasteiger partial charge in [-0.05, 0) is 25.7 Å². The molecule has 19 heavy (non-hydrogen) atoms. The number of rotatable bonds is 6. The van der Waals surface area contributed by atoms with Crippen LogP contribution in [-0.2, 0) is 14.3 Å². The highest BCUT2D eigenvalue weighted by atomic mass is 16.5. The lowest BCUT2D eigenvalue weighted by Gasteiger charge is -2.36. The van der Waals surface area contributed by atoms with Gasteiger partial charge in [0.25, 0.3) is 0 Å². The van der Waals surface area contributed by atoms with Crippen LogP contribution in [0.1, 0.15) is 41.5 Å². The normalized spacial score (nSPS) is 16.0. The van der Waals surface area contributed by atoms with Gasteiger partial charge >= 0.3 is 11.9 Å². The Balaban J connectivity index is 5.84. The molecule has 0 aliphatic carbocycles. The van der Waals surface area contributed by atoms with Gasteiger partial charge in [-0.3, -0.25) is 9.59 Å². The topological polar surface area (TPSA) is 87.4 Å². The summed E-state index contributed by atoms with van der Waals surface area (Å²) in [6.07, 6.45) is -0.388. The van der Waals surface area contributed by atoms with Crippen molar-refractivity contribution >= 4 is 11.9 Å². The third kappa shape index (κ3) is 3.46. The van der Waals surface area contributed by atoms with E-state index in [1.54, 1.807) is 41.5 Å². The van der Waals surface area contributed by atoms with Gasteiger partial charge in [0.15, 0.2) is 5.41 Å². The third-order valence-electron chi connectivity index (χ3n) is 3.20. The van der Waals surface area contributed by atoms with Crippen LogP contribution in [0.4, 0.5) is 0 Å². The summed E-state index contributed by atoms with van der Waals surface area (Å²) >= 11 is 0. The molecule has 0 fully saturated rings. The molecule has 0 spiro atoms. The van der Waals surface area contributed by atoms with Crippen molar-refractivity contribution in [3.05, 3.63) is 0 Å².